The maximum Gasteiger partial charge on any atom is 0.354 e. The predicted molar refractivity (Wildman–Crippen MR) is 56.7 cm³/mol. The van der Waals surface area contributed by atoms with Crippen LogP contribution in [0, 0.1) is 5.92 Å². The zero-order valence-electron chi connectivity index (χ0n) is 9.06. The van der Waals surface area contributed by atoms with E-state index in [0.29, 0.717) is 17.5 Å². The van der Waals surface area contributed by atoms with Crippen molar-refractivity contribution in [2.45, 2.75) is 12.3 Å². The van der Waals surface area contributed by atoms with Gasteiger partial charge in [-0.2, -0.15) is 0 Å². The largest absolute Gasteiger partial charge is 0.464 e. The molecule has 1 aliphatic rings. The van der Waals surface area contributed by atoms with Crippen molar-refractivity contribution in [2.24, 2.45) is 18.7 Å². The Hall–Kier alpha value is -1.29. The molecule has 0 aliphatic heterocycles. The fourth-order valence-corrected chi connectivity index (χ4v) is 2.08. The number of ether oxygens (including phenoxy) is 1. The van der Waals surface area contributed by atoms with Crippen molar-refractivity contribution in [3.8, 4) is 0 Å². The van der Waals surface area contributed by atoms with E-state index in [1.807, 2.05) is 23.7 Å². The van der Waals surface area contributed by atoms with Gasteiger partial charge < -0.3 is 15.0 Å². The minimum absolute atomic E-state index is 0.284. The Bertz CT molecular complexity index is 384. The molecule has 4 heteroatoms. The highest BCUT2D eigenvalue weighted by Gasteiger charge is 2.39. The van der Waals surface area contributed by atoms with Gasteiger partial charge in [-0.05, 0) is 31.0 Å². The van der Waals surface area contributed by atoms with Gasteiger partial charge in [0.2, 0.25) is 0 Å². The van der Waals surface area contributed by atoms with Crippen LogP contribution in [0.3, 0.4) is 0 Å². The summed E-state index contributed by atoms with van der Waals surface area (Å²) < 4.78 is 6.61. The molecular formula is C11H16N2O2. The Morgan fingerprint density at radius 1 is 1.67 bits per heavy atom. The van der Waals surface area contributed by atoms with Crippen LogP contribution in [-0.2, 0) is 11.8 Å². The van der Waals surface area contributed by atoms with Crippen LogP contribution >= 0.6 is 0 Å². The molecule has 0 bridgehead atoms. The minimum atomic E-state index is -0.284. The van der Waals surface area contributed by atoms with Crippen molar-refractivity contribution in [1.29, 1.82) is 0 Å². The zero-order chi connectivity index (χ0) is 11.0. The topological polar surface area (TPSA) is 57.2 Å². The quantitative estimate of drug-likeness (QED) is 0.750. The van der Waals surface area contributed by atoms with Crippen LogP contribution in [0.25, 0.3) is 0 Å². The van der Waals surface area contributed by atoms with Gasteiger partial charge in [-0.1, -0.05) is 0 Å². The summed E-state index contributed by atoms with van der Waals surface area (Å²) in [6, 6.07) is 3.81. The fraction of sp³-hybridized carbons (Fsp3) is 0.545. The number of aromatic nitrogens is 1. The van der Waals surface area contributed by atoms with Crippen molar-refractivity contribution in [3.63, 3.8) is 0 Å². The zero-order valence-corrected chi connectivity index (χ0v) is 9.06. The normalized spacial score (nSPS) is 23.9. The van der Waals surface area contributed by atoms with E-state index in [4.69, 9.17) is 10.5 Å². The van der Waals surface area contributed by atoms with Crippen LogP contribution in [-0.4, -0.2) is 24.2 Å². The smallest absolute Gasteiger partial charge is 0.354 e. The van der Waals surface area contributed by atoms with Crippen LogP contribution < -0.4 is 5.73 Å². The van der Waals surface area contributed by atoms with Gasteiger partial charge in [0.05, 0.1) is 7.11 Å². The summed E-state index contributed by atoms with van der Waals surface area (Å²) >= 11 is 0. The van der Waals surface area contributed by atoms with Crippen molar-refractivity contribution < 1.29 is 9.53 Å². The molecular weight excluding hydrogens is 192 g/mol. The predicted octanol–water partition coefficient (Wildman–Crippen LogP) is 0.874. The summed E-state index contributed by atoms with van der Waals surface area (Å²) in [5.41, 5.74) is 7.40. The molecule has 2 N–H and O–H groups in total. The lowest BCUT2D eigenvalue weighted by molar-refractivity contribution is 0.0589. The Kier molecular flexibility index (Phi) is 2.52. The van der Waals surface area contributed by atoms with Crippen molar-refractivity contribution >= 4 is 5.97 Å². The van der Waals surface area contributed by atoms with E-state index in [1.165, 1.54) is 12.8 Å². The van der Waals surface area contributed by atoms with Crippen molar-refractivity contribution in [1.82, 2.24) is 4.57 Å². The monoisotopic (exact) mass is 208 g/mol. The Balaban J connectivity index is 2.21. The first kappa shape index (κ1) is 10.2. The van der Waals surface area contributed by atoms with E-state index in [1.54, 1.807) is 0 Å². The molecule has 82 valence electrons. The van der Waals surface area contributed by atoms with Gasteiger partial charge >= 0.3 is 5.97 Å². The Morgan fingerprint density at radius 3 is 2.93 bits per heavy atom. The molecule has 1 aromatic rings. The molecule has 1 heterocycles. The molecule has 1 fully saturated rings. The van der Waals surface area contributed by atoms with Crippen molar-refractivity contribution in [2.75, 3.05) is 13.7 Å². The lowest BCUT2D eigenvalue weighted by Gasteiger charge is -2.05. The first-order valence-electron chi connectivity index (χ1n) is 5.13. The lowest BCUT2D eigenvalue weighted by atomic mass is 10.2. The van der Waals surface area contributed by atoms with E-state index in [2.05, 4.69) is 0 Å². The number of nitrogens with zero attached hydrogens (tertiary/aromatic N) is 1. The van der Waals surface area contributed by atoms with E-state index in [9.17, 15) is 4.79 Å². The highest BCUT2D eigenvalue weighted by Crippen LogP contribution is 2.46. The molecule has 0 amide bonds. The van der Waals surface area contributed by atoms with Gasteiger partial charge in [-0.25, -0.2) is 4.79 Å². The van der Waals surface area contributed by atoms with Crippen LogP contribution in [0.15, 0.2) is 12.1 Å². The summed E-state index contributed by atoms with van der Waals surface area (Å²) in [6.07, 6.45) is 1.13. The lowest BCUT2D eigenvalue weighted by Crippen LogP contribution is -2.10. The third-order valence-electron chi connectivity index (χ3n) is 3.16. The molecule has 4 nitrogen and oxygen atoms in total. The summed E-state index contributed by atoms with van der Waals surface area (Å²) in [5, 5.41) is 0. The first-order chi connectivity index (χ1) is 7.19. The number of hydrogen-bond donors (Lipinski definition) is 1. The maximum absolute atomic E-state index is 11.4. The number of esters is 1. The van der Waals surface area contributed by atoms with E-state index >= 15 is 0 Å². The van der Waals surface area contributed by atoms with Crippen LogP contribution in [0.5, 0.6) is 0 Å². The first-order valence-corrected chi connectivity index (χ1v) is 5.13. The highest BCUT2D eigenvalue weighted by molar-refractivity contribution is 5.87. The number of carbonyl (C=O) groups is 1. The van der Waals surface area contributed by atoms with Gasteiger partial charge in [0.15, 0.2) is 0 Å². The fourth-order valence-electron chi connectivity index (χ4n) is 2.08. The molecule has 0 aromatic carbocycles. The molecule has 1 aromatic heterocycles. The molecule has 0 radical (unpaired) electrons. The summed E-state index contributed by atoms with van der Waals surface area (Å²) in [4.78, 5) is 11.4. The highest BCUT2D eigenvalue weighted by atomic mass is 16.5. The third kappa shape index (κ3) is 1.65. The molecule has 1 saturated carbocycles. The third-order valence-corrected chi connectivity index (χ3v) is 3.16. The summed E-state index contributed by atoms with van der Waals surface area (Å²) in [5.74, 6) is 0.830. The average Bonchev–Trinajstić information content (AvgIpc) is 2.94. The number of hydrogen-bond acceptors (Lipinski definition) is 3. The van der Waals surface area contributed by atoms with E-state index in [-0.39, 0.29) is 5.97 Å². The summed E-state index contributed by atoms with van der Waals surface area (Å²) in [7, 11) is 3.29. The van der Waals surface area contributed by atoms with Gasteiger partial charge in [-0.15, -0.1) is 0 Å². The van der Waals surface area contributed by atoms with Gasteiger partial charge in [0.25, 0.3) is 0 Å². The van der Waals surface area contributed by atoms with Gasteiger partial charge in [0.1, 0.15) is 5.69 Å². The SMILES string of the molecule is COC(=O)c1ccc([C@@H]2C[C@H]2CN)n1C. The van der Waals surface area contributed by atoms with Gasteiger partial charge in [0, 0.05) is 18.7 Å². The second kappa shape index (κ2) is 3.70. The minimum Gasteiger partial charge on any atom is -0.464 e. The van der Waals surface area contributed by atoms with E-state index < -0.39 is 0 Å². The number of methoxy groups -OCH3 is 1. The molecule has 0 saturated heterocycles. The molecule has 2 rings (SSSR count). The van der Waals surface area contributed by atoms with Crippen LogP contribution in [0.1, 0.15) is 28.5 Å². The number of rotatable bonds is 3. The number of carbonyl (C=O) groups excluding carboxylic acids is 1. The second-order valence-corrected chi connectivity index (χ2v) is 4.03. The molecule has 0 spiro atoms. The molecule has 2 atom stereocenters. The number of nitrogens with two attached hydrogens (primary N) is 1. The van der Waals surface area contributed by atoms with Crippen LogP contribution in [0.4, 0.5) is 0 Å². The standard InChI is InChI=1S/C11H16N2O2/c1-13-9(8-5-7(8)6-12)3-4-10(13)11(14)15-2/h3-4,7-8H,5-6,12H2,1-2H3/t7-,8+/m0/s1. The van der Waals surface area contributed by atoms with Gasteiger partial charge in [-0.3, -0.25) is 0 Å². The Morgan fingerprint density at radius 2 is 2.40 bits per heavy atom. The summed E-state index contributed by atoms with van der Waals surface area (Å²) in [6.45, 7) is 0.726. The molecule has 0 unspecified atom stereocenters. The Labute approximate surface area is 89.0 Å². The maximum atomic E-state index is 11.4. The van der Waals surface area contributed by atoms with Crippen molar-refractivity contribution in [3.05, 3.63) is 23.5 Å². The van der Waals surface area contributed by atoms with E-state index in [0.717, 1.165) is 13.0 Å². The molecule has 15 heavy (non-hydrogen) atoms. The molecule has 1 aliphatic carbocycles. The van der Waals surface area contributed by atoms with Crippen LogP contribution in [0.2, 0.25) is 0 Å². The average molecular weight is 208 g/mol. The second-order valence-electron chi connectivity index (χ2n) is 4.03.